The second kappa shape index (κ2) is 8.79. The molecule has 1 aliphatic heterocycles. The van der Waals surface area contributed by atoms with Crippen molar-refractivity contribution < 1.29 is 23.5 Å². The van der Waals surface area contributed by atoms with E-state index >= 15 is 0 Å². The number of aryl methyl sites for hydroxylation is 1. The van der Waals surface area contributed by atoms with Gasteiger partial charge in [0.15, 0.2) is 10.9 Å². The zero-order valence-corrected chi connectivity index (χ0v) is 18.0. The van der Waals surface area contributed by atoms with Crippen molar-refractivity contribution in [1.82, 2.24) is 10.2 Å². The highest BCUT2D eigenvalue weighted by Crippen LogP contribution is 2.35. The van der Waals surface area contributed by atoms with Crippen LogP contribution in [0.15, 0.2) is 15.6 Å². The van der Waals surface area contributed by atoms with Gasteiger partial charge < -0.3 is 25.1 Å². The van der Waals surface area contributed by atoms with Gasteiger partial charge in [-0.25, -0.2) is 0 Å². The van der Waals surface area contributed by atoms with Crippen LogP contribution in [0, 0.1) is 18.3 Å². The van der Waals surface area contributed by atoms with E-state index in [0.717, 1.165) is 31.2 Å². The lowest BCUT2D eigenvalue weighted by molar-refractivity contribution is -0.161. The fourth-order valence-corrected chi connectivity index (χ4v) is 4.70. The van der Waals surface area contributed by atoms with Crippen LogP contribution in [-0.2, 0) is 14.3 Å². The molecule has 1 aliphatic carbocycles. The largest absolute Gasteiger partial charge is 0.444 e. The lowest BCUT2D eigenvalue weighted by atomic mass is 9.78. The molecule has 3 rings (SSSR count). The van der Waals surface area contributed by atoms with Crippen molar-refractivity contribution in [3.05, 3.63) is 17.4 Å². The van der Waals surface area contributed by atoms with Gasteiger partial charge in [0.05, 0.1) is 0 Å². The number of rotatable bonds is 8. The SMILES string of the molecule is COC(C(=O)N1CC(CNC(=O)c2oc(SC)cc2C)(C(N)=O)C1)C1CCCC1. The van der Waals surface area contributed by atoms with Gasteiger partial charge in [-0.15, -0.1) is 0 Å². The molecule has 1 unspecified atom stereocenters. The van der Waals surface area contributed by atoms with Crippen molar-refractivity contribution >= 4 is 29.5 Å². The summed E-state index contributed by atoms with van der Waals surface area (Å²) in [6, 6.07) is 1.79. The van der Waals surface area contributed by atoms with E-state index in [-0.39, 0.29) is 37.2 Å². The van der Waals surface area contributed by atoms with Gasteiger partial charge >= 0.3 is 0 Å². The van der Waals surface area contributed by atoms with Gasteiger partial charge in [0.2, 0.25) is 5.91 Å². The van der Waals surface area contributed by atoms with E-state index in [9.17, 15) is 14.4 Å². The van der Waals surface area contributed by atoms with Gasteiger partial charge in [0.1, 0.15) is 11.5 Å². The molecule has 1 aromatic rings. The molecule has 9 heteroatoms. The van der Waals surface area contributed by atoms with Crippen LogP contribution in [0.5, 0.6) is 0 Å². The molecule has 2 fully saturated rings. The Bertz CT molecular complexity index is 781. The van der Waals surface area contributed by atoms with Crippen molar-refractivity contribution in [2.45, 2.75) is 43.8 Å². The smallest absolute Gasteiger partial charge is 0.287 e. The minimum absolute atomic E-state index is 0.0563. The predicted molar refractivity (Wildman–Crippen MR) is 109 cm³/mol. The van der Waals surface area contributed by atoms with Crippen LogP contribution in [0.3, 0.4) is 0 Å². The van der Waals surface area contributed by atoms with E-state index in [0.29, 0.717) is 5.09 Å². The first-order valence-corrected chi connectivity index (χ1v) is 11.1. The fraction of sp³-hybridized carbons (Fsp3) is 0.650. The second-order valence-corrected chi connectivity index (χ2v) is 8.81. The third-order valence-corrected chi connectivity index (χ3v) is 6.64. The third kappa shape index (κ3) is 4.30. The molecule has 1 atom stereocenters. The number of nitrogens with two attached hydrogens (primary N) is 1. The fourth-order valence-electron chi connectivity index (χ4n) is 4.24. The summed E-state index contributed by atoms with van der Waals surface area (Å²) in [7, 11) is 1.55. The first kappa shape index (κ1) is 21.7. The van der Waals surface area contributed by atoms with Crippen LogP contribution < -0.4 is 11.1 Å². The molecule has 1 saturated carbocycles. The zero-order chi connectivity index (χ0) is 21.2. The Morgan fingerprint density at radius 2 is 2.03 bits per heavy atom. The molecule has 2 heterocycles. The lowest BCUT2D eigenvalue weighted by Gasteiger charge is -2.49. The Hall–Kier alpha value is -2.00. The molecular weight excluding hydrogens is 394 g/mol. The van der Waals surface area contributed by atoms with E-state index in [1.807, 2.05) is 6.26 Å². The molecule has 3 N–H and O–H groups in total. The van der Waals surface area contributed by atoms with E-state index in [4.69, 9.17) is 14.9 Å². The molecule has 0 spiro atoms. The minimum atomic E-state index is -0.970. The number of thioether (sulfide) groups is 1. The highest BCUT2D eigenvalue weighted by atomic mass is 32.2. The van der Waals surface area contributed by atoms with Crippen LogP contribution >= 0.6 is 11.8 Å². The summed E-state index contributed by atoms with van der Waals surface area (Å²) in [5.41, 5.74) is 5.38. The number of carbonyl (C=O) groups excluding carboxylic acids is 3. The maximum atomic E-state index is 12.8. The number of ether oxygens (including phenoxy) is 1. The van der Waals surface area contributed by atoms with Gasteiger partial charge in [-0.2, -0.15) is 0 Å². The van der Waals surface area contributed by atoms with E-state index in [2.05, 4.69) is 5.32 Å². The Morgan fingerprint density at radius 1 is 1.38 bits per heavy atom. The Balaban J connectivity index is 1.60. The summed E-state index contributed by atoms with van der Waals surface area (Å²) in [6.45, 7) is 2.21. The first-order chi connectivity index (χ1) is 13.8. The number of hydrogen-bond donors (Lipinski definition) is 2. The number of furan rings is 1. The lowest BCUT2D eigenvalue weighted by Crippen LogP contribution is -2.69. The van der Waals surface area contributed by atoms with Crippen LogP contribution in [-0.4, -0.2) is 61.7 Å². The first-order valence-electron chi connectivity index (χ1n) is 9.85. The van der Waals surface area contributed by atoms with E-state index in [1.54, 1.807) is 25.0 Å². The zero-order valence-electron chi connectivity index (χ0n) is 17.2. The average Bonchev–Trinajstić information content (AvgIpc) is 3.30. The molecule has 3 amide bonds. The number of carbonyl (C=O) groups is 3. The van der Waals surface area contributed by atoms with Crippen LogP contribution in [0.25, 0.3) is 0 Å². The van der Waals surface area contributed by atoms with Gasteiger partial charge in [0.25, 0.3) is 11.8 Å². The van der Waals surface area contributed by atoms with Gasteiger partial charge in [0, 0.05) is 32.3 Å². The number of hydrogen-bond acceptors (Lipinski definition) is 6. The summed E-state index contributed by atoms with van der Waals surface area (Å²) in [6.07, 6.45) is 5.57. The van der Waals surface area contributed by atoms with E-state index < -0.39 is 23.3 Å². The van der Waals surface area contributed by atoms with Crippen molar-refractivity contribution in [3.63, 3.8) is 0 Å². The minimum Gasteiger partial charge on any atom is -0.444 e. The molecule has 29 heavy (non-hydrogen) atoms. The summed E-state index contributed by atoms with van der Waals surface area (Å²) in [4.78, 5) is 39.0. The molecule has 1 aromatic heterocycles. The van der Waals surface area contributed by atoms with Crippen LogP contribution in [0.1, 0.15) is 41.8 Å². The number of nitrogens with one attached hydrogen (secondary N) is 1. The summed E-state index contributed by atoms with van der Waals surface area (Å²) in [5, 5.41) is 3.40. The number of likely N-dealkylation sites (tertiary alicyclic amines) is 1. The number of primary amides is 1. The normalized spacial score (nSPS) is 19.6. The summed E-state index contributed by atoms with van der Waals surface area (Å²) in [5.74, 6) is -0.578. The third-order valence-electron chi connectivity index (χ3n) is 6.04. The number of amides is 3. The molecule has 2 aliphatic rings. The summed E-state index contributed by atoms with van der Waals surface area (Å²) >= 11 is 1.41. The van der Waals surface area contributed by atoms with Crippen LogP contribution in [0.4, 0.5) is 0 Å². The van der Waals surface area contributed by atoms with Crippen molar-refractivity contribution in [2.24, 2.45) is 17.1 Å². The molecule has 160 valence electrons. The predicted octanol–water partition coefficient (Wildman–Crippen LogP) is 1.56. The van der Waals surface area contributed by atoms with Crippen molar-refractivity contribution in [2.75, 3.05) is 33.0 Å². The average molecular weight is 424 g/mol. The van der Waals surface area contributed by atoms with Crippen molar-refractivity contribution in [1.29, 1.82) is 0 Å². The second-order valence-electron chi connectivity index (χ2n) is 8.00. The molecular formula is C20H29N3O5S. The van der Waals surface area contributed by atoms with Crippen LogP contribution in [0.2, 0.25) is 0 Å². The standard InChI is InChI=1S/C20H29N3O5S/c1-12-8-14(29-3)28-15(12)17(24)22-9-20(19(21)26)10-23(11-20)18(25)16(27-2)13-6-4-5-7-13/h8,13,16H,4-7,9-11H2,1-3H3,(H2,21,26)(H,22,24). The topological polar surface area (TPSA) is 115 Å². The maximum absolute atomic E-state index is 12.8. The summed E-state index contributed by atoms with van der Waals surface area (Å²) < 4.78 is 11.0. The number of nitrogens with zero attached hydrogens (tertiary/aromatic N) is 1. The molecule has 0 radical (unpaired) electrons. The molecule has 8 nitrogen and oxygen atoms in total. The van der Waals surface area contributed by atoms with E-state index in [1.165, 1.54) is 11.8 Å². The van der Waals surface area contributed by atoms with Gasteiger partial charge in [-0.1, -0.05) is 24.6 Å². The molecule has 0 bridgehead atoms. The maximum Gasteiger partial charge on any atom is 0.287 e. The molecule has 0 aromatic carbocycles. The Kier molecular flexibility index (Phi) is 6.58. The Morgan fingerprint density at radius 3 is 2.55 bits per heavy atom. The quantitative estimate of drug-likeness (QED) is 0.613. The highest BCUT2D eigenvalue weighted by Gasteiger charge is 2.52. The number of methoxy groups -OCH3 is 1. The van der Waals surface area contributed by atoms with Gasteiger partial charge in [-0.3, -0.25) is 14.4 Å². The molecule has 1 saturated heterocycles. The highest BCUT2D eigenvalue weighted by molar-refractivity contribution is 7.98. The Labute approximate surface area is 174 Å². The van der Waals surface area contributed by atoms with Crippen molar-refractivity contribution in [3.8, 4) is 0 Å². The van der Waals surface area contributed by atoms with Gasteiger partial charge in [-0.05, 0) is 38.0 Å². The monoisotopic (exact) mass is 423 g/mol.